The lowest BCUT2D eigenvalue weighted by Gasteiger charge is -2.27. The van der Waals surface area contributed by atoms with Gasteiger partial charge in [0, 0.05) is 19.0 Å². The van der Waals surface area contributed by atoms with Crippen molar-refractivity contribution in [3.8, 4) is 0 Å². The minimum atomic E-state index is -0.730. The molecule has 0 atom stereocenters. The van der Waals surface area contributed by atoms with Gasteiger partial charge in [-0.15, -0.1) is 0 Å². The second-order valence-corrected chi connectivity index (χ2v) is 4.67. The Kier molecular flexibility index (Phi) is 5.72. The summed E-state index contributed by atoms with van der Waals surface area (Å²) in [5, 5.41) is 12.0. The van der Waals surface area contributed by atoms with Crippen LogP contribution in [0.2, 0.25) is 0 Å². The average Bonchev–Trinajstić information content (AvgIpc) is 1.95. The highest BCUT2D eigenvalue weighted by Crippen LogP contribution is 1.98. The van der Waals surface area contributed by atoms with Crippen LogP contribution >= 0.6 is 0 Å². The molecule has 0 aromatic carbocycles. The minimum absolute atomic E-state index is 0.196. The van der Waals surface area contributed by atoms with Gasteiger partial charge in [-0.05, 0) is 0 Å². The molecule has 0 fully saturated rings. The molecule has 0 heterocycles. The lowest BCUT2D eigenvalue weighted by molar-refractivity contribution is -0.883. The second kappa shape index (κ2) is 5.98. The number of hydrogen-bond acceptors (Lipinski definition) is 2. The molecule has 0 rings (SSSR count). The third-order valence-electron chi connectivity index (χ3n) is 2.06. The van der Waals surface area contributed by atoms with Gasteiger partial charge in [-0.25, -0.2) is 4.79 Å². The zero-order valence-electron chi connectivity index (χ0n) is 9.71. The van der Waals surface area contributed by atoms with Crippen molar-refractivity contribution >= 4 is 5.97 Å². The van der Waals surface area contributed by atoms with Crippen molar-refractivity contribution in [2.45, 2.75) is 26.3 Å². The van der Waals surface area contributed by atoms with E-state index in [2.05, 4.69) is 19.2 Å². The number of carboxylic acid groups (broad SMARTS) is 1. The average molecular weight is 203 g/mol. The third kappa shape index (κ3) is 8.01. The van der Waals surface area contributed by atoms with Gasteiger partial charge in [-0.3, -0.25) is 0 Å². The summed E-state index contributed by atoms with van der Waals surface area (Å²) in [5.41, 5.74) is 0. The Hall–Kier alpha value is -0.610. The number of likely N-dealkylation sites (N-methyl/N-ethyl adjacent to an activating group) is 1. The molecule has 0 bridgehead atoms. The van der Waals surface area contributed by atoms with E-state index in [0.29, 0.717) is 10.5 Å². The molecule has 84 valence electrons. The van der Waals surface area contributed by atoms with E-state index in [9.17, 15) is 4.79 Å². The van der Waals surface area contributed by atoms with Gasteiger partial charge >= 0.3 is 5.97 Å². The Labute approximate surface area is 86.5 Å². The van der Waals surface area contributed by atoms with E-state index in [0.717, 1.165) is 19.5 Å². The predicted octanol–water partition coefficient (Wildman–Crippen LogP) is 0.536. The Morgan fingerprint density at radius 1 is 1.43 bits per heavy atom. The molecular weight excluding hydrogens is 180 g/mol. The molecule has 0 aromatic heterocycles. The summed E-state index contributed by atoms with van der Waals surface area (Å²) in [6.07, 6.45) is 1.01. The summed E-state index contributed by atoms with van der Waals surface area (Å²) in [6, 6.07) is 0.505. The lowest BCUT2D eigenvalue weighted by Crippen LogP contribution is -2.45. The Balaban J connectivity index is 3.60. The van der Waals surface area contributed by atoms with E-state index in [-0.39, 0.29) is 6.54 Å². The molecule has 0 unspecified atom stereocenters. The third-order valence-corrected chi connectivity index (χ3v) is 2.06. The highest BCUT2D eigenvalue weighted by molar-refractivity contribution is 5.67. The summed E-state index contributed by atoms with van der Waals surface area (Å²) >= 11 is 0. The molecule has 0 radical (unpaired) electrons. The zero-order chi connectivity index (χ0) is 11.2. The van der Waals surface area contributed by atoms with Gasteiger partial charge in [-0.1, -0.05) is 13.8 Å². The van der Waals surface area contributed by atoms with Crippen LogP contribution in [0.3, 0.4) is 0 Å². The standard InChI is InChI=1S/C10H22N2O2/c1-9(2)11-6-5-7-12(3,4)8-10(13)14/h9,11H,5-8H2,1-4H3/p+1. The van der Waals surface area contributed by atoms with Crippen LogP contribution in [0.15, 0.2) is 0 Å². The Bertz CT molecular complexity index is 179. The number of rotatable bonds is 7. The molecule has 0 aliphatic rings. The van der Waals surface area contributed by atoms with Gasteiger partial charge < -0.3 is 14.9 Å². The maximum absolute atomic E-state index is 10.5. The first-order valence-electron chi connectivity index (χ1n) is 5.11. The molecule has 0 saturated carbocycles. The molecular formula is C10H23N2O2+. The molecule has 4 nitrogen and oxygen atoms in total. The van der Waals surface area contributed by atoms with E-state index in [1.54, 1.807) is 0 Å². The van der Waals surface area contributed by atoms with Crippen molar-refractivity contribution < 1.29 is 14.4 Å². The first-order valence-corrected chi connectivity index (χ1v) is 5.11. The Morgan fingerprint density at radius 3 is 2.43 bits per heavy atom. The highest BCUT2D eigenvalue weighted by Gasteiger charge is 2.18. The number of quaternary nitrogens is 1. The monoisotopic (exact) mass is 203 g/mol. The number of aliphatic carboxylic acids is 1. The van der Waals surface area contributed by atoms with Crippen molar-refractivity contribution in [3.05, 3.63) is 0 Å². The summed E-state index contributed by atoms with van der Waals surface area (Å²) in [7, 11) is 3.90. The minimum Gasteiger partial charge on any atom is -0.477 e. The number of nitrogens with one attached hydrogen (secondary N) is 1. The number of nitrogens with zero attached hydrogens (tertiary/aromatic N) is 1. The number of carbonyl (C=O) groups is 1. The molecule has 0 saturated heterocycles. The molecule has 0 amide bonds. The van der Waals surface area contributed by atoms with E-state index >= 15 is 0 Å². The summed E-state index contributed by atoms with van der Waals surface area (Å²) in [5.74, 6) is -0.730. The van der Waals surface area contributed by atoms with Crippen LogP contribution in [-0.4, -0.2) is 55.3 Å². The van der Waals surface area contributed by atoms with Crippen LogP contribution in [0, 0.1) is 0 Å². The van der Waals surface area contributed by atoms with E-state index in [4.69, 9.17) is 5.11 Å². The fourth-order valence-corrected chi connectivity index (χ4v) is 1.34. The topological polar surface area (TPSA) is 49.3 Å². The van der Waals surface area contributed by atoms with Crippen LogP contribution in [0.1, 0.15) is 20.3 Å². The SMILES string of the molecule is CC(C)NCCC[N+](C)(C)CC(=O)O. The van der Waals surface area contributed by atoms with Crippen LogP contribution in [-0.2, 0) is 4.79 Å². The van der Waals surface area contributed by atoms with Crippen molar-refractivity contribution in [3.63, 3.8) is 0 Å². The first-order chi connectivity index (χ1) is 6.33. The fraction of sp³-hybridized carbons (Fsp3) is 0.900. The van der Waals surface area contributed by atoms with Gasteiger partial charge in [0.2, 0.25) is 0 Å². The van der Waals surface area contributed by atoms with Crippen molar-refractivity contribution in [1.29, 1.82) is 0 Å². The maximum Gasteiger partial charge on any atom is 0.359 e. The van der Waals surface area contributed by atoms with E-state index in [1.165, 1.54) is 0 Å². The predicted molar refractivity (Wildman–Crippen MR) is 57.2 cm³/mol. The van der Waals surface area contributed by atoms with Crippen molar-refractivity contribution in [1.82, 2.24) is 5.32 Å². The number of hydrogen-bond donors (Lipinski definition) is 2. The van der Waals surface area contributed by atoms with Crippen LogP contribution in [0.5, 0.6) is 0 Å². The normalized spacial score (nSPS) is 12.1. The second-order valence-electron chi connectivity index (χ2n) is 4.67. The highest BCUT2D eigenvalue weighted by atomic mass is 16.4. The van der Waals surface area contributed by atoms with Gasteiger partial charge in [0.25, 0.3) is 0 Å². The van der Waals surface area contributed by atoms with Crippen LogP contribution < -0.4 is 5.32 Å². The van der Waals surface area contributed by atoms with Gasteiger partial charge in [0.05, 0.1) is 20.6 Å². The largest absolute Gasteiger partial charge is 0.477 e. The smallest absolute Gasteiger partial charge is 0.359 e. The van der Waals surface area contributed by atoms with Crippen molar-refractivity contribution in [2.75, 3.05) is 33.7 Å². The fourth-order valence-electron chi connectivity index (χ4n) is 1.34. The first kappa shape index (κ1) is 13.4. The van der Waals surface area contributed by atoms with E-state index in [1.807, 2.05) is 14.1 Å². The van der Waals surface area contributed by atoms with Gasteiger partial charge in [-0.2, -0.15) is 0 Å². The van der Waals surface area contributed by atoms with Crippen LogP contribution in [0.25, 0.3) is 0 Å². The summed E-state index contributed by atoms with van der Waals surface area (Å²) in [6.45, 7) is 6.27. The zero-order valence-corrected chi connectivity index (χ0v) is 9.71. The molecule has 0 aliphatic carbocycles. The molecule has 0 spiro atoms. The quantitative estimate of drug-likeness (QED) is 0.469. The summed E-state index contributed by atoms with van der Waals surface area (Å²) < 4.78 is 0.551. The molecule has 0 aromatic rings. The van der Waals surface area contributed by atoms with Gasteiger partial charge in [0.1, 0.15) is 0 Å². The lowest BCUT2D eigenvalue weighted by atomic mass is 10.3. The molecule has 0 aliphatic heterocycles. The summed E-state index contributed by atoms with van der Waals surface area (Å²) in [4.78, 5) is 10.5. The molecule has 2 N–H and O–H groups in total. The Morgan fingerprint density at radius 2 is 2.00 bits per heavy atom. The molecule has 4 heteroatoms. The van der Waals surface area contributed by atoms with Crippen molar-refractivity contribution in [2.24, 2.45) is 0 Å². The maximum atomic E-state index is 10.5. The molecule has 14 heavy (non-hydrogen) atoms. The van der Waals surface area contributed by atoms with E-state index < -0.39 is 5.97 Å². The number of carboxylic acids is 1. The van der Waals surface area contributed by atoms with Gasteiger partial charge in [0.15, 0.2) is 6.54 Å². The van der Waals surface area contributed by atoms with Crippen LogP contribution in [0.4, 0.5) is 0 Å².